The van der Waals surface area contributed by atoms with Gasteiger partial charge in [0.1, 0.15) is 0 Å². The van der Waals surface area contributed by atoms with Gasteiger partial charge in [-0.25, -0.2) is 4.79 Å². The van der Waals surface area contributed by atoms with Crippen LogP contribution in [-0.2, 0) is 0 Å². The highest BCUT2D eigenvalue weighted by molar-refractivity contribution is 6.07. The summed E-state index contributed by atoms with van der Waals surface area (Å²) >= 11 is 0. The minimum Gasteiger partial charge on any atom is -0.478 e. The number of hydrogen-bond donors (Lipinski definition) is 3. The van der Waals surface area contributed by atoms with Gasteiger partial charge in [-0.3, -0.25) is 4.79 Å². The predicted octanol–water partition coefficient (Wildman–Crippen LogP) is 3.77. The van der Waals surface area contributed by atoms with Crippen LogP contribution in [-0.4, -0.2) is 41.8 Å². The fourth-order valence-corrected chi connectivity index (χ4v) is 3.95. The van der Waals surface area contributed by atoms with Gasteiger partial charge in [-0.15, -0.1) is 0 Å². The summed E-state index contributed by atoms with van der Waals surface area (Å²) in [7, 11) is 0. The highest BCUT2D eigenvalue weighted by Crippen LogP contribution is 2.28. The Kier molecular flexibility index (Phi) is 6.23. The van der Waals surface area contributed by atoms with Crippen molar-refractivity contribution in [1.82, 2.24) is 0 Å². The Morgan fingerprint density at radius 2 is 1.83 bits per heavy atom. The number of carboxylic acids is 1. The number of anilines is 2. The van der Waals surface area contributed by atoms with E-state index in [0.717, 1.165) is 42.7 Å². The minimum absolute atomic E-state index is 0.175. The summed E-state index contributed by atoms with van der Waals surface area (Å²) in [6.45, 7) is 7.30. The van der Waals surface area contributed by atoms with Crippen LogP contribution in [0.5, 0.6) is 0 Å². The van der Waals surface area contributed by atoms with Crippen LogP contribution in [0.1, 0.15) is 50.2 Å². The SMILES string of the molecule is Cc1ccc(N2CCC[C@@H](CO)C2)cc1C(=O)Nc1c(C)ccc(C(=O)O)c1C. The number of aliphatic hydroxyl groups excluding tert-OH is 1. The fourth-order valence-electron chi connectivity index (χ4n) is 3.95. The summed E-state index contributed by atoms with van der Waals surface area (Å²) in [4.78, 5) is 26.7. The Labute approximate surface area is 171 Å². The molecule has 0 radical (unpaired) electrons. The molecule has 0 saturated carbocycles. The number of hydrogen-bond acceptors (Lipinski definition) is 4. The van der Waals surface area contributed by atoms with E-state index in [-0.39, 0.29) is 24.0 Å². The van der Waals surface area contributed by atoms with E-state index >= 15 is 0 Å². The Balaban J connectivity index is 1.89. The van der Waals surface area contributed by atoms with E-state index in [1.807, 2.05) is 32.0 Å². The number of benzene rings is 2. The highest BCUT2D eigenvalue weighted by atomic mass is 16.4. The van der Waals surface area contributed by atoms with Crippen LogP contribution in [0.25, 0.3) is 0 Å². The van der Waals surface area contributed by atoms with Gasteiger partial charge in [0.25, 0.3) is 5.91 Å². The monoisotopic (exact) mass is 396 g/mol. The quantitative estimate of drug-likeness (QED) is 0.716. The first-order chi connectivity index (χ1) is 13.8. The summed E-state index contributed by atoms with van der Waals surface area (Å²) in [6.07, 6.45) is 2.03. The summed E-state index contributed by atoms with van der Waals surface area (Å²) in [5, 5.41) is 21.8. The van der Waals surface area contributed by atoms with Crippen molar-refractivity contribution < 1.29 is 19.8 Å². The lowest BCUT2D eigenvalue weighted by molar-refractivity contribution is 0.0695. The Morgan fingerprint density at radius 3 is 2.52 bits per heavy atom. The van der Waals surface area contributed by atoms with Gasteiger partial charge in [-0.2, -0.15) is 0 Å². The van der Waals surface area contributed by atoms with E-state index < -0.39 is 5.97 Å². The lowest BCUT2D eigenvalue weighted by atomic mass is 9.97. The smallest absolute Gasteiger partial charge is 0.336 e. The highest BCUT2D eigenvalue weighted by Gasteiger charge is 2.21. The van der Waals surface area contributed by atoms with Crippen LogP contribution in [0.3, 0.4) is 0 Å². The molecule has 1 atom stereocenters. The molecule has 1 aliphatic heterocycles. The third-order valence-corrected chi connectivity index (χ3v) is 5.75. The molecule has 6 heteroatoms. The molecular formula is C23H28N2O4. The van der Waals surface area contributed by atoms with E-state index in [1.165, 1.54) is 0 Å². The largest absolute Gasteiger partial charge is 0.478 e. The number of rotatable bonds is 5. The van der Waals surface area contributed by atoms with Gasteiger partial charge in [0.05, 0.1) is 5.56 Å². The lowest BCUT2D eigenvalue weighted by Gasteiger charge is -2.34. The number of carboxylic acid groups (broad SMARTS) is 1. The van der Waals surface area contributed by atoms with Crippen LogP contribution in [0.4, 0.5) is 11.4 Å². The molecule has 3 rings (SSSR count). The third-order valence-electron chi connectivity index (χ3n) is 5.75. The number of aryl methyl sites for hydroxylation is 2. The van der Waals surface area contributed by atoms with E-state index in [0.29, 0.717) is 16.8 Å². The molecule has 6 nitrogen and oxygen atoms in total. The standard InChI is InChI=1S/C23H28N2O4/c1-14-6-8-18(25-10-4-5-17(12-25)13-26)11-20(14)22(27)24-21-15(2)7-9-19(16(21)3)23(28)29/h6-9,11,17,26H,4-5,10,12-13H2,1-3H3,(H,24,27)(H,28,29)/t17-/m1/s1. The Hall–Kier alpha value is -2.86. The van der Waals surface area contributed by atoms with Gasteiger partial charge >= 0.3 is 5.97 Å². The Bertz CT molecular complexity index is 939. The molecule has 0 bridgehead atoms. The molecule has 2 aromatic rings. The fraction of sp³-hybridized carbons (Fsp3) is 0.391. The van der Waals surface area contributed by atoms with Crippen molar-refractivity contribution in [3.63, 3.8) is 0 Å². The average Bonchev–Trinajstić information content (AvgIpc) is 2.71. The number of amides is 1. The van der Waals surface area contributed by atoms with Gasteiger partial charge in [0.15, 0.2) is 0 Å². The van der Waals surface area contributed by atoms with Crippen molar-refractivity contribution in [2.75, 3.05) is 29.9 Å². The molecule has 1 heterocycles. The van der Waals surface area contributed by atoms with Gasteiger partial charge < -0.3 is 20.4 Å². The van der Waals surface area contributed by atoms with Gasteiger partial charge in [0.2, 0.25) is 0 Å². The lowest BCUT2D eigenvalue weighted by Crippen LogP contribution is -2.36. The number of nitrogens with one attached hydrogen (secondary N) is 1. The summed E-state index contributed by atoms with van der Waals surface area (Å²) in [5.41, 5.74) is 4.46. The molecule has 0 aromatic heterocycles. The number of aromatic carboxylic acids is 1. The van der Waals surface area contributed by atoms with E-state index in [2.05, 4.69) is 10.2 Å². The molecule has 3 N–H and O–H groups in total. The molecule has 1 amide bonds. The molecule has 1 saturated heterocycles. The summed E-state index contributed by atoms with van der Waals surface area (Å²) in [5.74, 6) is -1.01. The Morgan fingerprint density at radius 1 is 1.10 bits per heavy atom. The van der Waals surface area contributed by atoms with Crippen molar-refractivity contribution in [2.45, 2.75) is 33.6 Å². The van der Waals surface area contributed by atoms with Crippen molar-refractivity contribution >= 4 is 23.3 Å². The van der Waals surface area contributed by atoms with Crippen molar-refractivity contribution in [1.29, 1.82) is 0 Å². The normalized spacial score (nSPS) is 16.6. The molecule has 1 fully saturated rings. The maximum absolute atomic E-state index is 13.1. The zero-order valence-electron chi connectivity index (χ0n) is 17.2. The van der Waals surface area contributed by atoms with Crippen LogP contribution < -0.4 is 10.2 Å². The third kappa shape index (κ3) is 4.43. The minimum atomic E-state index is -1.01. The average molecular weight is 396 g/mol. The molecule has 2 aromatic carbocycles. The number of carbonyl (C=O) groups is 2. The molecule has 0 aliphatic carbocycles. The first-order valence-corrected chi connectivity index (χ1v) is 9.93. The number of nitrogens with zero attached hydrogens (tertiary/aromatic N) is 1. The molecule has 1 aliphatic rings. The molecular weight excluding hydrogens is 368 g/mol. The summed E-state index contributed by atoms with van der Waals surface area (Å²) < 4.78 is 0. The molecule has 29 heavy (non-hydrogen) atoms. The van der Waals surface area contributed by atoms with Crippen LogP contribution in [0.2, 0.25) is 0 Å². The van der Waals surface area contributed by atoms with Gasteiger partial charge in [-0.05, 0) is 74.4 Å². The zero-order chi connectivity index (χ0) is 21.1. The van der Waals surface area contributed by atoms with Gasteiger partial charge in [-0.1, -0.05) is 12.1 Å². The van der Waals surface area contributed by atoms with Crippen LogP contribution in [0.15, 0.2) is 30.3 Å². The van der Waals surface area contributed by atoms with Crippen molar-refractivity contribution in [3.05, 3.63) is 58.1 Å². The van der Waals surface area contributed by atoms with Crippen molar-refractivity contribution in [2.24, 2.45) is 5.92 Å². The predicted molar refractivity (Wildman–Crippen MR) is 114 cm³/mol. The van der Waals surface area contributed by atoms with Crippen molar-refractivity contribution in [3.8, 4) is 0 Å². The number of piperidine rings is 1. The van der Waals surface area contributed by atoms with Crippen LogP contribution in [0, 0.1) is 26.7 Å². The first-order valence-electron chi connectivity index (χ1n) is 9.93. The molecule has 0 spiro atoms. The maximum atomic E-state index is 13.1. The second-order valence-electron chi connectivity index (χ2n) is 7.83. The van der Waals surface area contributed by atoms with E-state index in [9.17, 15) is 19.8 Å². The van der Waals surface area contributed by atoms with Gasteiger partial charge in [0, 0.05) is 36.6 Å². The second kappa shape index (κ2) is 8.66. The second-order valence-corrected chi connectivity index (χ2v) is 7.83. The molecule has 0 unspecified atom stereocenters. The van der Waals surface area contributed by atoms with Crippen LogP contribution >= 0.6 is 0 Å². The summed E-state index contributed by atoms with van der Waals surface area (Å²) in [6, 6.07) is 9.09. The molecule has 154 valence electrons. The van der Waals surface area contributed by atoms with E-state index in [1.54, 1.807) is 19.1 Å². The number of aliphatic hydroxyl groups is 1. The maximum Gasteiger partial charge on any atom is 0.336 e. The number of carbonyl (C=O) groups excluding carboxylic acids is 1. The first kappa shape index (κ1) is 20.9. The zero-order valence-corrected chi connectivity index (χ0v) is 17.2. The van der Waals surface area contributed by atoms with E-state index in [4.69, 9.17) is 0 Å². The topological polar surface area (TPSA) is 89.9 Å².